The summed E-state index contributed by atoms with van der Waals surface area (Å²) in [6.45, 7) is 4.79. The Balaban J connectivity index is 2.53. The van der Waals surface area contributed by atoms with Crippen molar-refractivity contribution < 1.29 is 23.9 Å². The molecule has 0 bridgehead atoms. The Morgan fingerprint density at radius 3 is 2.27 bits per heavy atom. The molecule has 0 aromatic heterocycles. The Labute approximate surface area is 130 Å². The van der Waals surface area contributed by atoms with Gasteiger partial charge in [-0.15, -0.1) is 0 Å². The van der Waals surface area contributed by atoms with Crippen molar-refractivity contribution in [1.82, 2.24) is 10.2 Å². The number of hydrogen-bond acceptors (Lipinski definition) is 7. The summed E-state index contributed by atoms with van der Waals surface area (Å²) in [6, 6.07) is -1.08. The van der Waals surface area contributed by atoms with Crippen molar-refractivity contribution in [3.8, 4) is 0 Å². The van der Waals surface area contributed by atoms with E-state index in [1.54, 1.807) is 18.7 Å². The van der Waals surface area contributed by atoms with Crippen LogP contribution in [-0.2, 0) is 19.1 Å². The highest BCUT2D eigenvalue weighted by molar-refractivity contribution is 6.04. The fourth-order valence-corrected chi connectivity index (χ4v) is 2.32. The number of ether oxygens (including phenoxy) is 2. The first kappa shape index (κ1) is 18.4. The number of carbonyl (C=O) groups excluding carboxylic acids is 3. The zero-order chi connectivity index (χ0) is 16.5. The van der Waals surface area contributed by atoms with E-state index in [4.69, 9.17) is 15.2 Å². The van der Waals surface area contributed by atoms with Crippen LogP contribution in [0.1, 0.15) is 26.7 Å². The first-order valence-corrected chi connectivity index (χ1v) is 7.60. The Hall–Kier alpha value is -1.67. The van der Waals surface area contributed by atoms with Gasteiger partial charge in [0.1, 0.15) is 0 Å². The van der Waals surface area contributed by atoms with Crippen molar-refractivity contribution in [3.63, 3.8) is 0 Å². The second kappa shape index (κ2) is 9.37. The number of ketones is 1. The molecule has 126 valence electrons. The number of hydrogen-bond donors (Lipinski definition) is 2. The standard InChI is InChI=1S/C14H25N3O5/c1-3-21-13(19)12(11(18)9-15)16-10-5-7-17(8-6-10)14(20)22-4-2/h10,12,16H,3-9,15H2,1-2H3. The van der Waals surface area contributed by atoms with E-state index in [1.165, 1.54) is 0 Å². The number of amides is 1. The Bertz CT molecular complexity index is 394. The number of piperidine rings is 1. The van der Waals surface area contributed by atoms with E-state index in [-0.39, 0.29) is 25.3 Å². The molecule has 22 heavy (non-hydrogen) atoms. The predicted molar refractivity (Wildman–Crippen MR) is 79.2 cm³/mol. The predicted octanol–water partition coefficient (Wildman–Crippen LogP) is -0.344. The average molecular weight is 315 g/mol. The maximum atomic E-state index is 11.8. The van der Waals surface area contributed by atoms with E-state index in [0.717, 1.165) is 0 Å². The second-order valence-corrected chi connectivity index (χ2v) is 4.98. The second-order valence-electron chi connectivity index (χ2n) is 4.98. The molecule has 1 atom stereocenters. The lowest BCUT2D eigenvalue weighted by molar-refractivity contribution is -0.148. The zero-order valence-electron chi connectivity index (χ0n) is 13.2. The minimum absolute atomic E-state index is 0.0458. The van der Waals surface area contributed by atoms with E-state index >= 15 is 0 Å². The number of rotatable bonds is 7. The molecule has 1 heterocycles. The maximum Gasteiger partial charge on any atom is 0.409 e. The Kier molecular flexibility index (Phi) is 7.83. The van der Waals surface area contributed by atoms with Gasteiger partial charge in [0.2, 0.25) is 0 Å². The SMILES string of the molecule is CCOC(=O)C(NC1CCN(C(=O)OCC)CC1)C(=O)CN. The number of Topliss-reactive ketones (excluding diaryl/α,β-unsaturated/α-hetero) is 1. The van der Waals surface area contributed by atoms with Crippen LogP contribution in [0.5, 0.6) is 0 Å². The molecular formula is C14H25N3O5. The van der Waals surface area contributed by atoms with E-state index < -0.39 is 17.8 Å². The maximum absolute atomic E-state index is 11.8. The minimum Gasteiger partial charge on any atom is -0.464 e. The summed E-state index contributed by atoms with van der Waals surface area (Å²) >= 11 is 0. The van der Waals surface area contributed by atoms with Gasteiger partial charge in [0.25, 0.3) is 0 Å². The average Bonchev–Trinajstić information content (AvgIpc) is 2.52. The zero-order valence-corrected chi connectivity index (χ0v) is 13.2. The van der Waals surface area contributed by atoms with Crippen LogP contribution < -0.4 is 11.1 Å². The van der Waals surface area contributed by atoms with Gasteiger partial charge < -0.3 is 20.1 Å². The normalized spacial score (nSPS) is 17.0. The Morgan fingerprint density at radius 2 is 1.77 bits per heavy atom. The van der Waals surface area contributed by atoms with E-state index in [9.17, 15) is 14.4 Å². The lowest BCUT2D eigenvalue weighted by Gasteiger charge is -2.33. The Morgan fingerprint density at radius 1 is 1.18 bits per heavy atom. The summed E-state index contributed by atoms with van der Waals surface area (Å²) < 4.78 is 9.84. The largest absolute Gasteiger partial charge is 0.464 e. The van der Waals surface area contributed by atoms with Crippen LogP contribution in [-0.4, -0.2) is 67.7 Å². The highest BCUT2D eigenvalue weighted by atomic mass is 16.6. The number of nitrogens with zero attached hydrogens (tertiary/aromatic N) is 1. The molecule has 0 aromatic rings. The number of likely N-dealkylation sites (tertiary alicyclic amines) is 1. The van der Waals surface area contributed by atoms with Crippen LogP contribution in [0, 0.1) is 0 Å². The summed E-state index contributed by atoms with van der Waals surface area (Å²) in [5.41, 5.74) is 5.34. The molecule has 1 saturated heterocycles. The molecule has 0 aliphatic carbocycles. The summed E-state index contributed by atoms with van der Waals surface area (Å²) in [7, 11) is 0. The van der Waals surface area contributed by atoms with E-state index in [1.807, 2.05) is 0 Å². The molecule has 3 N–H and O–H groups in total. The van der Waals surface area contributed by atoms with Crippen LogP contribution in [0.4, 0.5) is 4.79 Å². The number of carbonyl (C=O) groups is 3. The van der Waals surface area contributed by atoms with E-state index in [0.29, 0.717) is 32.5 Å². The summed E-state index contributed by atoms with van der Waals surface area (Å²) in [5.74, 6) is -1.00. The van der Waals surface area contributed by atoms with Gasteiger partial charge in [-0.1, -0.05) is 0 Å². The van der Waals surface area contributed by atoms with Crippen LogP contribution in [0.3, 0.4) is 0 Å². The van der Waals surface area contributed by atoms with Gasteiger partial charge in [0.05, 0.1) is 19.8 Å². The number of nitrogens with one attached hydrogen (secondary N) is 1. The first-order chi connectivity index (χ1) is 10.5. The van der Waals surface area contributed by atoms with Gasteiger partial charge in [-0.25, -0.2) is 9.59 Å². The smallest absolute Gasteiger partial charge is 0.409 e. The van der Waals surface area contributed by atoms with Crippen molar-refractivity contribution >= 4 is 17.8 Å². The fraction of sp³-hybridized carbons (Fsp3) is 0.786. The van der Waals surface area contributed by atoms with Gasteiger partial charge >= 0.3 is 12.1 Å². The van der Waals surface area contributed by atoms with Crippen molar-refractivity contribution in [2.24, 2.45) is 5.73 Å². The highest BCUT2D eigenvalue weighted by Gasteiger charge is 2.31. The van der Waals surface area contributed by atoms with Gasteiger partial charge in [-0.05, 0) is 26.7 Å². The van der Waals surface area contributed by atoms with Crippen molar-refractivity contribution in [2.45, 2.75) is 38.8 Å². The van der Waals surface area contributed by atoms with Crippen LogP contribution in [0.25, 0.3) is 0 Å². The summed E-state index contributed by atoms with van der Waals surface area (Å²) in [6.07, 6.45) is 0.931. The van der Waals surface area contributed by atoms with Gasteiger partial charge in [0.15, 0.2) is 11.8 Å². The summed E-state index contributed by atoms with van der Waals surface area (Å²) in [5, 5.41) is 3.00. The van der Waals surface area contributed by atoms with Crippen LogP contribution in [0.2, 0.25) is 0 Å². The van der Waals surface area contributed by atoms with Crippen molar-refractivity contribution in [1.29, 1.82) is 0 Å². The lowest BCUT2D eigenvalue weighted by Crippen LogP contribution is -2.54. The quantitative estimate of drug-likeness (QED) is 0.488. The molecule has 8 heteroatoms. The number of esters is 1. The van der Waals surface area contributed by atoms with Gasteiger partial charge in [-0.3, -0.25) is 10.1 Å². The molecule has 1 rings (SSSR count). The topological polar surface area (TPSA) is 111 Å². The molecule has 0 radical (unpaired) electrons. The van der Waals surface area contributed by atoms with Crippen LogP contribution >= 0.6 is 0 Å². The van der Waals surface area contributed by atoms with Crippen LogP contribution in [0.15, 0.2) is 0 Å². The molecule has 1 fully saturated rings. The first-order valence-electron chi connectivity index (χ1n) is 7.60. The molecular weight excluding hydrogens is 290 g/mol. The van der Waals surface area contributed by atoms with Gasteiger partial charge in [0, 0.05) is 19.1 Å². The molecule has 0 aromatic carbocycles. The molecule has 1 aliphatic rings. The third-order valence-electron chi connectivity index (χ3n) is 3.47. The van der Waals surface area contributed by atoms with E-state index in [2.05, 4.69) is 5.32 Å². The molecule has 1 unspecified atom stereocenters. The summed E-state index contributed by atoms with van der Waals surface area (Å²) in [4.78, 5) is 36.8. The third-order valence-corrected chi connectivity index (χ3v) is 3.47. The van der Waals surface area contributed by atoms with Gasteiger partial charge in [-0.2, -0.15) is 0 Å². The molecule has 0 saturated carbocycles. The molecule has 0 spiro atoms. The van der Waals surface area contributed by atoms with Crippen molar-refractivity contribution in [2.75, 3.05) is 32.8 Å². The monoisotopic (exact) mass is 315 g/mol. The fourth-order valence-electron chi connectivity index (χ4n) is 2.32. The minimum atomic E-state index is -1.04. The molecule has 1 amide bonds. The van der Waals surface area contributed by atoms with Crippen molar-refractivity contribution in [3.05, 3.63) is 0 Å². The third kappa shape index (κ3) is 5.27. The number of nitrogens with two attached hydrogens (primary N) is 1. The molecule has 8 nitrogen and oxygen atoms in total. The lowest BCUT2D eigenvalue weighted by atomic mass is 10.0. The highest BCUT2D eigenvalue weighted by Crippen LogP contribution is 2.12. The molecule has 1 aliphatic heterocycles.